The summed E-state index contributed by atoms with van der Waals surface area (Å²) < 4.78 is 57.6. The number of hydrogen-bond donors (Lipinski definition) is 1. The molecule has 0 aliphatic rings. The number of thioether (sulfide) groups is 1. The van der Waals surface area contributed by atoms with Gasteiger partial charge in [0.25, 0.3) is 0 Å². The largest absolute Gasteiger partial charge is 0.461 e. The van der Waals surface area contributed by atoms with Gasteiger partial charge in [-0.15, -0.1) is 11.8 Å². The third-order valence-electron chi connectivity index (χ3n) is 3.31. The van der Waals surface area contributed by atoms with E-state index in [4.69, 9.17) is 10.5 Å². The van der Waals surface area contributed by atoms with Crippen LogP contribution in [0.3, 0.4) is 0 Å². The van der Waals surface area contributed by atoms with Crippen molar-refractivity contribution in [3.8, 4) is 11.3 Å². The minimum Gasteiger partial charge on any atom is -0.461 e. The van der Waals surface area contributed by atoms with Crippen LogP contribution >= 0.6 is 34.4 Å². The van der Waals surface area contributed by atoms with Crippen molar-refractivity contribution in [2.24, 2.45) is 0 Å². The molecule has 1 heterocycles. The zero-order valence-corrected chi connectivity index (χ0v) is 17.0. The second-order valence-corrected chi connectivity index (χ2v) is 7.09. The zero-order valence-electron chi connectivity index (χ0n) is 14.1. The van der Waals surface area contributed by atoms with Gasteiger partial charge in [0.15, 0.2) is 5.69 Å². The molecule has 4 nitrogen and oxygen atoms in total. The molecular formula is C17H15F4IN2O2S. The Morgan fingerprint density at radius 2 is 2.04 bits per heavy atom. The number of carbonyl (C=O) groups is 1. The molecule has 0 radical (unpaired) electrons. The second kappa shape index (κ2) is 9.09. The molecule has 0 aliphatic heterocycles. The standard InChI is InChI=1S/C17H15F4IN2O2S/c1-2-26-16(25)14-15(27-8-17(19,20)21)12(23)6-13(24-14)10-4-3-9(7-22)5-11(10)18/h3-6H,2,7-8H2,1H3,(H2,23,24). The molecule has 2 aromatic rings. The van der Waals surface area contributed by atoms with Crippen LogP contribution in [0, 0.1) is 5.82 Å². The van der Waals surface area contributed by atoms with Crippen molar-refractivity contribution in [1.29, 1.82) is 0 Å². The van der Waals surface area contributed by atoms with Crippen molar-refractivity contribution in [2.45, 2.75) is 22.4 Å². The van der Waals surface area contributed by atoms with Crippen molar-refractivity contribution in [3.63, 3.8) is 0 Å². The summed E-state index contributed by atoms with van der Waals surface area (Å²) in [6.45, 7) is 1.56. The fraction of sp³-hybridized carbons (Fsp3) is 0.294. The van der Waals surface area contributed by atoms with Gasteiger partial charge in [-0.1, -0.05) is 28.7 Å². The van der Waals surface area contributed by atoms with Crippen LogP contribution in [0.4, 0.5) is 23.2 Å². The smallest absolute Gasteiger partial charge is 0.398 e. The Balaban J connectivity index is 2.54. The highest BCUT2D eigenvalue weighted by atomic mass is 127. The summed E-state index contributed by atoms with van der Waals surface area (Å²) in [6.07, 6.45) is -4.46. The lowest BCUT2D eigenvalue weighted by atomic mass is 10.1. The van der Waals surface area contributed by atoms with Crippen molar-refractivity contribution in [3.05, 3.63) is 41.3 Å². The predicted molar refractivity (Wildman–Crippen MR) is 105 cm³/mol. The van der Waals surface area contributed by atoms with Crippen molar-refractivity contribution < 1.29 is 27.1 Å². The van der Waals surface area contributed by atoms with E-state index in [-0.39, 0.29) is 34.1 Å². The minimum atomic E-state index is -4.46. The Labute approximate surface area is 171 Å². The van der Waals surface area contributed by atoms with Gasteiger partial charge in [0, 0.05) is 15.7 Å². The van der Waals surface area contributed by atoms with Crippen molar-refractivity contribution in [1.82, 2.24) is 4.98 Å². The third kappa shape index (κ3) is 5.71. The summed E-state index contributed by atoms with van der Waals surface area (Å²) in [7, 11) is 0. The fourth-order valence-electron chi connectivity index (χ4n) is 2.18. The number of carbonyl (C=O) groups excluding carboxylic acids is 1. The summed E-state index contributed by atoms with van der Waals surface area (Å²) in [5, 5.41) is 0. The molecule has 2 N–H and O–H groups in total. The molecule has 0 atom stereocenters. The van der Waals surface area contributed by atoms with Crippen LogP contribution in [0.5, 0.6) is 0 Å². The van der Waals surface area contributed by atoms with Gasteiger partial charge < -0.3 is 10.5 Å². The Morgan fingerprint density at radius 1 is 1.33 bits per heavy atom. The molecule has 27 heavy (non-hydrogen) atoms. The van der Waals surface area contributed by atoms with E-state index in [1.54, 1.807) is 13.0 Å². The van der Waals surface area contributed by atoms with Crippen LogP contribution in [-0.4, -0.2) is 29.5 Å². The molecule has 0 bridgehead atoms. The molecule has 1 aromatic carbocycles. The molecule has 1 aromatic heterocycles. The van der Waals surface area contributed by atoms with E-state index in [1.165, 1.54) is 18.2 Å². The van der Waals surface area contributed by atoms with Gasteiger partial charge in [-0.25, -0.2) is 14.2 Å². The van der Waals surface area contributed by atoms with Gasteiger partial charge in [-0.2, -0.15) is 13.2 Å². The Kier molecular flexibility index (Phi) is 7.32. The molecular weight excluding hydrogens is 499 g/mol. The lowest BCUT2D eigenvalue weighted by Gasteiger charge is -2.14. The molecule has 10 heteroatoms. The van der Waals surface area contributed by atoms with Gasteiger partial charge in [-0.05, 0) is 30.7 Å². The highest BCUT2D eigenvalue weighted by Crippen LogP contribution is 2.36. The van der Waals surface area contributed by atoms with E-state index in [0.29, 0.717) is 16.2 Å². The summed E-state index contributed by atoms with van der Waals surface area (Å²) in [4.78, 5) is 16.1. The molecule has 0 amide bonds. The molecule has 2 rings (SSSR count). The Bertz CT molecular complexity index is 846. The highest BCUT2D eigenvalue weighted by Gasteiger charge is 2.30. The number of nitrogen functional groups attached to an aromatic ring is 1. The maximum absolute atomic E-state index is 14.4. The Morgan fingerprint density at radius 3 is 2.59 bits per heavy atom. The van der Waals surface area contributed by atoms with Gasteiger partial charge in [0.1, 0.15) is 5.82 Å². The first-order valence-corrected chi connectivity index (χ1v) is 10.2. The van der Waals surface area contributed by atoms with Crippen LogP contribution in [-0.2, 0) is 9.16 Å². The van der Waals surface area contributed by atoms with E-state index in [2.05, 4.69) is 27.6 Å². The van der Waals surface area contributed by atoms with Crippen molar-refractivity contribution in [2.75, 3.05) is 18.1 Å². The molecule has 146 valence electrons. The molecule has 0 spiro atoms. The third-order valence-corrected chi connectivity index (χ3v) is 5.38. The zero-order chi connectivity index (χ0) is 20.2. The first-order chi connectivity index (χ1) is 12.7. The van der Waals surface area contributed by atoms with Gasteiger partial charge >= 0.3 is 12.1 Å². The van der Waals surface area contributed by atoms with E-state index in [1.807, 2.05) is 0 Å². The lowest BCUT2D eigenvalue weighted by molar-refractivity contribution is -0.105. The highest BCUT2D eigenvalue weighted by molar-refractivity contribution is 14.1. The quantitative estimate of drug-likeness (QED) is 0.188. The van der Waals surface area contributed by atoms with Gasteiger partial charge in [0.05, 0.1) is 22.9 Å². The fourth-order valence-corrected chi connectivity index (χ4v) is 3.46. The number of pyridine rings is 1. The number of halogens is 5. The average molecular weight is 514 g/mol. The first kappa shape index (κ1) is 21.7. The monoisotopic (exact) mass is 514 g/mol. The lowest BCUT2D eigenvalue weighted by Crippen LogP contribution is -2.15. The summed E-state index contributed by atoms with van der Waals surface area (Å²) in [5.41, 5.74) is 6.30. The predicted octanol–water partition coefficient (Wildman–Crippen LogP) is 5.24. The van der Waals surface area contributed by atoms with Gasteiger partial charge in [0.2, 0.25) is 0 Å². The topological polar surface area (TPSA) is 65.2 Å². The van der Waals surface area contributed by atoms with E-state index >= 15 is 0 Å². The Hall–Kier alpha value is -1.56. The number of rotatable bonds is 6. The number of benzene rings is 1. The minimum absolute atomic E-state index is 0.00669. The van der Waals surface area contributed by atoms with Crippen LogP contribution in [0.2, 0.25) is 0 Å². The van der Waals surface area contributed by atoms with E-state index in [9.17, 15) is 22.4 Å². The number of nitrogens with two attached hydrogens (primary N) is 1. The number of hydrogen-bond acceptors (Lipinski definition) is 5. The van der Waals surface area contributed by atoms with Gasteiger partial charge in [-0.3, -0.25) is 0 Å². The summed E-state index contributed by atoms with van der Waals surface area (Å²) in [6, 6.07) is 5.77. The molecule has 0 saturated carbocycles. The number of nitrogens with zero attached hydrogens (tertiary/aromatic N) is 1. The number of esters is 1. The molecule has 0 fully saturated rings. The van der Waals surface area contributed by atoms with Crippen LogP contribution < -0.4 is 5.73 Å². The molecule has 0 unspecified atom stereocenters. The van der Waals surface area contributed by atoms with Crippen LogP contribution in [0.25, 0.3) is 11.3 Å². The maximum Gasteiger partial charge on any atom is 0.398 e. The number of anilines is 1. The number of ether oxygens (including phenoxy) is 1. The SMILES string of the molecule is CCOC(=O)c1nc(-c2ccc(CI)cc2F)cc(N)c1SCC(F)(F)F. The molecule has 0 aliphatic carbocycles. The molecule has 0 saturated heterocycles. The van der Waals surface area contributed by atoms with Crippen LogP contribution in [0.15, 0.2) is 29.2 Å². The maximum atomic E-state index is 14.4. The first-order valence-electron chi connectivity index (χ1n) is 7.68. The van der Waals surface area contributed by atoms with E-state index < -0.39 is 23.7 Å². The van der Waals surface area contributed by atoms with Crippen molar-refractivity contribution >= 4 is 46.0 Å². The number of alkyl halides is 4. The average Bonchev–Trinajstić information content (AvgIpc) is 2.59. The van der Waals surface area contributed by atoms with E-state index in [0.717, 1.165) is 5.56 Å². The summed E-state index contributed by atoms with van der Waals surface area (Å²) >= 11 is 2.43. The normalized spacial score (nSPS) is 11.5. The second-order valence-electron chi connectivity index (χ2n) is 5.35. The number of aromatic nitrogens is 1. The summed E-state index contributed by atoms with van der Waals surface area (Å²) in [5.74, 6) is -2.73. The van der Waals surface area contributed by atoms with Crippen LogP contribution in [0.1, 0.15) is 23.0 Å².